The smallest absolute Gasteiger partial charge is 0.124 e. The van der Waals surface area contributed by atoms with Crippen LogP contribution in [0.4, 0.5) is 4.39 Å². The van der Waals surface area contributed by atoms with E-state index in [0.717, 1.165) is 29.3 Å². The fourth-order valence-electron chi connectivity index (χ4n) is 1.54. The van der Waals surface area contributed by atoms with Gasteiger partial charge in [0.2, 0.25) is 0 Å². The van der Waals surface area contributed by atoms with Crippen LogP contribution >= 0.6 is 15.9 Å². The molecule has 84 valence electrons. The molecule has 0 heterocycles. The molecule has 0 aliphatic rings. The number of benzene rings is 1. The maximum Gasteiger partial charge on any atom is 0.124 e. The molecular weight excluding hydrogens is 257 g/mol. The first kappa shape index (κ1) is 12.7. The van der Waals surface area contributed by atoms with Crippen LogP contribution < -0.4 is 5.73 Å². The highest BCUT2D eigenvalue weighted by Gasteiger charge is 2.21. The van der Waals surface area contributed by atoms with E-state index in [2.05, 4.69) is 29.8 Å². The molecule has 0 saturated heterocycles. The first-order chi connectivity index (χ1) is 7.00. The normalized spacial score (nSPS) is 11.8. The lowest BCUT2D eigenvalue weighted by molar-refractivity contribution is 0.392. The highest BCUT2D eigenvalue weighted by atomic mass is 79.9. The Bertz CT molecular complexity index is 334. The molecule has 0 aromatic heterocycles. The zero-order valence-corrected chi connectivity index (χ0v) is 10.8. The van der Waals surface area contributed by atoms with Crippen LogP contribution in [-0.2, 0) is 6.42 Å². The van der Waals surface area contributed by atoms with Crippen molar-refractivity contribution >= 4 is 15.9 Å². The van der Waals surface area contributed by atoms with Gasteiger partial charge in [-0.3, -0.25) is 0 Å². The first-order valence-electron chi connectivity index (χ1n) is 5.23. The minimum atomic E-state index is -0.221. The van der Waals surface area contributed by atoms with Crippen LogP contribution in [0.25, 0.3) is 0 Å². The molecule has 0 bridgehead atoms. The predicted molar refractivity (Wildman–Crippen MR) is 65.3 cm³/mol. The summed E-state index contributed by atoms with van der Waals surface area (Å²) in [6.07, 6.45) is 2.63. The van der Waals surface area contributed by atoms with Crippen LogP contribution in [0.5, 0.6) is 0 Å². The fourth-order valence-corrected chi connectivity index (χ4v) is 2.04. The average Bonchev–Trinajstić information content (AvgIpc) is 2.22. The van der Waals surface area contributed by atoms with E-state index in [1.807, 2.05) is 0 Å². The third-order valence-electron chi connectivity index (χ3n) is 2.97. The Balaban J connectivity index is 2.89. The highest BCUT2D eigenvalue weighted by Crippen LogP contribution is 2.24. The Morgan fingerprint density at radius 2 is 1.93 bits per heavy atom. The van der Waals surface area contributed by atoms with Gasteiger partial charge in [-0.05, 0) is 37.0 Å². The summed E-state index contributed by atoms with van der Waals surface area (Å²) in [6.45, 7) is 4.17. The summed E-state index contributed by atoms with van der Waals surface area (Å²) in [5.74, 6) is -0.221. The Morgan fingerprint density at radius 1 is 1.33 bits per heavy atom. The van der Waals surface area contributed by atoms with E-state index in [1.165, 1.54) is 12.1 Å². The van der Waals surface area contributed by atoms with Gasteiger partial charge >= 0.3 is 0 Å². The van der Waals surface area contributed by atoms with Crippen LogP contribution in [0, 0.1) is 5.82 Å². The number of hydrogen-bond donors (Lipinski definition) is 1. The van der Waals surface area contributed by atoms with Gasteiger partial charge in [0.25, 0.3) is 0 Å². The number of hydrogen-bond acceptors (Lipinski definition) is 1. The molecule has 0 aliphatic heterocycles. The monoisotopic (exact) mass is 273 g/mol. The molecule has 0 unspecified atom stereocenters. The van der Waals surface area contributed by atoms with E-state index >= 15 is 0 Å². The van der Waals surface area contributed by atoms with Crippen LogP contribution in [-0.4, -0.2) is 5.54 Å². The van der Waals surface area contributed by atoms with Crippen molar-refractivity contribution in [2.75, 3.05) is 0 Å². The van der Waals surface area contributed by atoms with Gasteiger partial charge in [-0.1, -0.05) is 35.8 Å². The van der Waals surface area contributed by atoms with E-state index in [9.17, 15) is 4.39 Å². The lowest BCUT2D eigenvalue weighted by Crippen LogP contribution is -2.40. The van der Waals surface area contributed by atoms with Gasteiger partial charge < -0.3 is 5.73 Å². The predicted octanol–water partition coefficient (Wildman–Crippen LogP) is 3.65. The largest absolute Gasteiger partial charge is 0.325 e. The first-order valence-corrected chi connectivity index (χ1v) is 6.03. The number of halogens is 2. The minimum Gasteiger partial charge on any atom is -0.325 e. The van der Waals surface area contributed by atoms with Crippen LogP contribution in [0.15, 0.2) is 22.7 Å². The molecule has 0 fully saturated rings. The summed E-state index contributed by atoms with van der Waals surface area (Å²) in [7, 11) is 0. The second-order valence-corrected chi connectivity index (χ2v) is 4.84. The minimum absolute atomic E-state index is 0.180. The maximum atomic E-state index is 12.9. The van der Waals surface area contributed by atoms with E-state index in [4.69, 9.17) is 5.73 Å². The Hall–Kier alpha value is -0.410. The van der Waals surface area contributed by atoms with Crippen LogP contribution in [0.1, 0.15) is 32.3 Å². The van der Waals surface area contributed by atoms with Crippen molar-refractivity contribution < 1.29 is 4.39 Å². The molecule has 0 radical (unpaired) electrons. The molecular formula is C12H17BrFN. The average molecular weight is 274 g/mol. The third kappa shape index (κ3) is 3.28. The lowest BCUT2D eigenvalue weighted by Gasteiger charge is -2.27. The SMILES string of the molecule is CCC(N)(CC)Cc1ccc(F)cc1Br. The zero-order chi connectivity index (χ0) is 11.5. The Kier molecular flexibility index (Phi) is 4.29. The van der Waals surface area contributed by atoms with Crippen LogP contribution in [0.2, 0.25) is 0 Å². The topological polar surface area (TPSA) is 26.0 Å². The summed E-state index contributed by atoms with van der Waals surface area (Å²) in [4.78, 5) is 0. The van der Waals surface area contributed by atoms with Crippen LogP contribution in [0.3, 0.4) is 0 Å². The molecule has 0 saturated carbocycles. The summed E-state index contributed by atoms with van der Waals surface area (Å²) in [5.41, 5.74) is 7.11. The molecule has 1 rings (SSSR count). The van der Waals surface area contributed by atoms with Crippen molar-refractivity contribution in [3.8, 4) is 0 Å². The molecule has 3 heteroatoms. The Labute approximate surface area is 99.0 Å². The van der Waals surface area contributed by atoms with Crippen molar-refractivity contribution in [2.45, 2.75) is 38.6 Å². The number of rotatable bonds is 4. The molecule has 1 aromatic rings. The second kappa shape index (κ2) is 5.08. The van der Waals surface area contributed by atoms with Crippen molar-refractivity contribution in [3.63, 3.8) is 0 Å². The zero-order valence-electron chi connectivity index (χ0n) is 9.19. The van der Waals surface area contributed by atoms with Gasteiger partial charge in [0.05, 0.1) is 0 Å². The molecule has 15 heavy (non-hydrogen) atoms. The summed E-state index contributed by atoms with van der Waals surface area (Å²) in [6, 6.07) is 4.76. The summed E-state index contributed by atoms with van der Waals surface area (Å²) in [5, 5.41) is 0. The quantitative estimate of drug-likeness (QED) is 0.891. The summed E-state index contributed by atoms with van der Waals surface area (Å²) < 4.78 is 13.7. The molecule has 0 atom stereocenters. The molecule has 1 aromatic carbocycles. The van der Waals surface area contributed by atoms with Crippen molar-refractivity contribution in [3.05, 3.63) is 34.1 Å². The maximum absolute atomic E-state index is 12.9. The van der Waals surface area contributed by atoms with Gasteiger partial charge in [-0.25, -0.2) is 4.39 Å². The molecule has 2 N–H and O–H groups in total. The van der Waals surface area contributed by atoms with Gasteiger partial charge in [0.1, 0.15) is 5.82 Å². The van der Waals surface area contributed by atoms with Crippen molar-refractivity contribution in [2.24, 2.45) is 5.73 Å². The van der Waals surface area contributed by atoms with Crippen molar-refractivity contribution in [1.29, 1.82) is 0 Å². The van der Waals surface area contributed by atoms with E-state index in [-0.39, 0.29) is 11.4 Å². The van der Waals surface area contributed by atoms with Gasteiger partial charge in [-0.2, -0.15) is 0 Å². The fraction of sp³-hybridized carbons (Fsp3) is 0.500. The summed E-state index contributed by atoms with van der Waals surface area (Å²) >= 11 is 3.36. The van der Waals surface area contributed by atoms with Gasteiger partial charge in [-0.15, -0.1) is 0 Å². The van der Waals surface area contributed by atoms with Gasteiger partial charge in [0.15, 0.2) is 0 Å². The number of nitrogens with two attached hydrogens (primary N) is 1. The standard InChI is InChI=1S/C12H17BrFN/c1-3-12(15,4-2)8-9-5-6-10(14)7-11(9)13/h5-7H,3-4,8,15H2,1-2H3. The van der Waals surface area contributed by atoms with E-state index < -0.39 is 0 Å². The molecule has 0 spiro atoms. The van der Waals surface area contributed by atoms with E-state index in [1.54, 1.807) is 6.07 Å². The molecule has 0 aliphatic carbocycles. The van der Waals surface area contributed by atoms with Crippen molar-refractivity contribution in [1.82, 2.24) is 0 Å². The molecule has 1 nitrogen and oxygen atoms in total. The van der Waals surface area contributed by atoms with E-state index in [0.29, 0.717) is 0 Å². The highest BCUT2D eigenvalue weighted by molar-refractivity contribution is 9.10. The Morgan fingerprint density at radius 3 is 2.40 bits per heavy atom. The van der Waals surface area contributed by atoms with Gasteiger partial charge in [0, 0.05) is 10.0 Å². The third-order valence-corrected chi connectivity index (χ3v) is 3.70. The second-order valence-electron chi connectivity index (χ2n) is 3.98. The molecule has 0 amide bonds. The lowest BCUT2D eigenvalue weighted by atomic mass is 9.87.